The standard InChI is InChI=1S/C15H16N2O2/c1-10-5-4-6-11-9-12(7-8-13(18)19-3)15(16-2)17-14(10)11/h4-9H,1-3H3,(H,16,17)/b8-7+. The van der Waals surface area contributed by atoms with Crippen molar-refractivity contribution in [1.82, 2.24) is 4.98 Å². The van der Waals surface area contributed by atoms with Gasteiger partial charge >= 0.3 is 5.97 Å². The number of para-hydroxylation sites is 1. The van der Waals surface area contributed by atoms with Crippen LogP contribution in [0.25, 0.3) is 17.0 Å². The Bertz CT molecular complexity index is 648. The number of rotatable bonds is 3. The summed E-state index contributed by atoms with van der Waals surface area (Å²) in [6.07, 6.45) is 3.09. The molecule has 0 unspecified atom stereocenters. The molecule has 0 saturated heterocycles. The minimum absolute atomic E-state index is 0.383. The molecule has 4 heteroatoms. The van der Waals surface area contributed by atoms with Crippen molar-refractivity contribution in [2.75, 3.05) is 19.5 Å². The number of esters is 1. The minimum Gasteiger partial charge on any atom is -0.466 e. The van der Waals surface area contributed by atoms with Gasteiger partial charge in [-0.25, -0.2) is 9.78 Å². The summed E-state index contributed by atoms with van der Waals surface area (Å²) in [4.78, 5) is 15.7. The third-order valence-corrected chi connectivity index (χ3v) is 2.91. The number of hydrogen-bond donors (Lipinski definition) is 1. The van der Waals surface area contributed by atoms with Crippen LogP contribution in [0, 0.1) is 6.92 Å². The summed E-state index contributed by atoms with van der Waals surface area (Å²) in [6.45, 7) is 2.03. The zero-order valence-corrected chi connectivity index (χ0v) is 11.2. The maximum atomic E-state index is 11.2. The van der Waals surface area contributed by atoms with Gasteiger partial charge in [0.25, 0.3) is 0 Å². The van der Waals surface area contributed by atoms with E-state index in [1.807, 2.05) is 38.2 Å². The summed E-state index contributed by atoms with van der Waals surface area (Å²) < 4.78 is 4.59. The summed E-state index contributed by atoms with van der Waals surface area (Å²) >= 11 is 0. The molecular weight excluding hydrogens is 240 g/mol. The van der Waals surface area contributed by atoms with E-state index < -0.39 is 0 Å². The molecule has 0 aliphatic heterocycles. The van der Waals surface area contributed by atoms with Crippen molar-refractivity contribution in [2.45, 2.75) is 6.92 Å². The maximum Gasteiger partial charge on any atom is 0.330 e. The lowest BCUT2D eigenvalue weighted by atomic mass is 10.1. The number of hydrogen-bond acceptors (Lipinski definition) is 4. The van der Waals surface area contributed by atoms with E-state index in [-0.39, 0.29) is 5.97 Å². The number of aryl methyl sites for hydroxylation is 1. The summed E-state index contributed by atoms with van der Waals surface area (Å²) in [5.74, 6) is 0.355. The van der Waals surface area contributed by atoms with Crippen molar-refractivity contribution in [3.8, 4) is 0 Å². The number of methoxy groups -OCH3 is 1. The summed E-state index contributed by atoms with van der Waals surface area (Å²) in [6, 6.07) is 8.02. The quantitative estimate of drug-likeness (QED) is 0.677. The molecule has 2 aromatic rings. The van der Waals surface area contributed by atoms with Gasteiger partial charge in [0, 0.05) is 24.1 Å². The van der Waals surface area contributed by atoms with Crippen LogP contribution in [0.5, 0.6) is 0 Å². The van der Waals surface area contributed by atoms with E-state index in [0.29, 0.717) is 0 Å². The predicted molar refractivity (Wildman–Crippen MR) is 77.1 cm³/mol. The first-order valence-corrected chi connectivity index (χ1v) is 6.00. The monoisotopic (exact) mass is 256 g/mol. The molecule has 4 nitrogen and oxygen atoms in total. The van der Waals surface area contributed by atoms with Crippen molar-refractivity contribution in [3.63, 3.8) is 0 Å². The van der Waals surface area contributed by atoms with Crippen LogP contribution in [-0.4, -0.2) is 25.1 Å². The number of anilines is 1. The fraction of sp³-hybridized carbons (Fsp3) is 0.200. The van der Waals surface area contributed by atoms with Crippen LogP contribution in [0.3, 0.4) is 0 Å². The number of ether oxygens (including phenoxy) is 1. The molecule has 2 rings (SSSR count). The number of carbonyl (C=O) groups is 1. The van der Waals surface area contributed by atoms with E-state index in [1.165, 1.54) is 13.2 Å². The summed E-state index contributed by atoms with van der Waals surface area (Å²) in [5, 5.41) is 4.09. The number of carbonyl (C=O) groups excluding carboxylic acids is 1. The topological polar surface area (TPSA) is 51.2 Å². The van der Waals surface area contributed by atoms with E-state index in [0.717, 1.165) is 27.8 Å². The van der Waals surface area contributed by atoms with Gasteiger partial charge < -0.3 is 10.1 Å². The highest BCUT2D eigenvalue weighted by Gasteiger charge is 2.05. The average molecular weight is 256 g/mol. The molecule has 1 aromatic heterocycles. The van der Waals surface area contributed by atoms with Crippen LogP contribution in [0.2, 0.25) is 0 Å². The number of nitrogens with zero attached hydrogens (tertiary/aromatic N) is 1. The molecule has 19 heavy (non-hydrogen) atoms. The Morgan fingerprint density at radius 3 is 2.89 bits per heavy atom. The van der Waals surface area contributed by atoms with Gasteiger partial charge in [0.1, 0.15) is 5.82 Å². The highest BCUT2D eigenvalue weighted by molar-refractivity contribution is 5.91. The van der Waals surface area contributed by atoms with E-state index in [9.17, 15) is 4.79 Å². The maximum absolute atomic E-state index is 11.2. The van der Waals surface area contributed by atoms with Crippen molar-refractivity contribution in [1.29, 1.82) is 0 Å². The molecule has 0 bridgehead atoms. The Kier molecular flexibility index (Phi) is 3.80. The van der Waals surface area contributed by atoms with Gasteiger partial charge in [0.2, 0.25) is 0 Å². The van der Waals surface area contributed by atoms with Crippen LogP contribution >= 0.6 is 0 Å². The fourth-order valence-corrected chi connectivity index (χ4v) is 1.92. The fourth-order valence-electron chi connectivity index (χ4n) is 1.92. The average Bonchev–Trinajstić information content (AvgIpc) is 2.44. The summed E-state index contributed by atoms with van der Waals surface area (Å²) in [7, 11) is 3.16. The molecule has 98 valence electrons. The van der Waals surface area contributed by atoms with Crippen LogP contribution in [0.1, 0.15) is 11.1 Å². The van der Waals surface area contributed by atoms with Gasteiger partial charge in [-0.15, -0.1) is 0 Å². The Morgan fingerprint density at radius 1 is 1.42 bits per heavy atom. The SMILES string of the molecule is CNc1nc2c(C)cccc2cc1/C=C/C(=O)OC. The van der Waals surface area contributed by atoms with Gasteiger partial charge in [-0.2, -0.15) is 0 Å². The van der Waals surface area contributed by atoms with E-state index in [1.54, 1.807) is 6.08 Å². The number of pyridine rings is 1. The van der Waals surface area contributed by atoms with Gasteiger partial charge in [-0.05, 0) is 24.6 Å². The second-order valence-corrected chi connectivity index (χ2v) is 4.18. The zero-order chi connectivity index (χ0) is 13.8. The van der Waals surface area contributed by atoms with Crippen molar-refractivity contribution in [3.05, 3.63) is 41.5 Å². The first kappa shape index (κ1) is 13.1. The van der Waals surface area contributed by atoms with Gasteiger partial charge in [0.15, 0.2) is 0 Å². The predicted octanol–water partition coefficient (Wildman–Crippen LogP) is 2.77. The number of fused-ring (bicyclic) bond motifs is 1. The molecule has 1 N–H and O–H groups in total. The number of aromatic nitrogens is 1. The first-order chi connectivity index (χ1) is 9.15. The number of nitrogens with one attached hydrogen (secondary N) is 1. The second kappa shape index (κ2) is 5.52. The van der Waals surface area contributed by atoms with E-state index in [4.69, 9.17) is 0 Å². The van der Waals surface area contributed by atoms with Crippen LogP contribution < -0.4 is 5.32 Å². The first-order valence-electron chi connectivity index (χ1n) is 6.00. The largest absolute Gasteiger partial charge is 0.466 e. The Labute approximate surface area is 112 Å². The molecule has 0 aliphatic rings. The smallest absolute Gasteiger partial charge is 0.330 e. The van der Waals surface area contributed by atoms with Crippen LogP contribution in [0.4, 0.5) is 5.82 Å². The highest BCUT2D eigenvalue weighted by Crippen LogP contribution is 2.23. The minimum atomic E-state index is -0.383. The molecule has 0 spiro atoms. The van der Waals surface area contributed by atoms with Crippen molar-refractivity contribution < 1.29 is 9.53 Å². The van der Waals surface area contributed by atoms with E-state index in [2.05, 4.69) is 15.0 Å². The highest BCUT2D eigenvalue weighted by atomic mass is 16.5. The van der Waals surface area contributed by atoms with Crippen LogP contribution in [-0.2, 0) is 9.53 Å². The molecule has 0 radical (unpaired) electrons. The Morgan fingerprint density at radius 2 is 2.21 bits per heavy atom. The molecule has 0 aliphatic carbocycles. The van der Waals surface area contributed by atoms with Gasteiger partial charge in [0.05, 0.1) is 12.6 Å². The Hall–Kier alpha value is -2.36. The van der Waals surface area contributed by atoms with Crippen LogP contribution in [0.15, 0.2) is 30.3 Å². The lowest BCUT2D eigenvalue weighted by molar-refractivity contribution is -0.134. The van der Waals surface area contributed by atoms with Gasteiger partial charge in [-0.3, -0.25) is 0 Å². The Balaban J connectivity index is 2.54. The third kappa shape index (κ3) is 2.73. The summed E-state index contributed by atoms with van der Waals surface area (Å²) in [5.41, 5.74) is 2.94. The molecular formula is C15H16N2O2. The molecule has 0 atom stereocenters. The molecule has 0 saturated carbocycles. The van der Waals surface area contributed by atoms with E-state index >= 15 is 0 Å². The molecule has 1 aromatic carbocycles. The zero-order valence-electron chi connectivity index (χ0n) is 11.2. The molecule has 0 fully saturated rings. The molecule has 1 heterocycles. The third-order valence-electron chi connectivity index (χ3n) is 2.91. The van der Waals surface area contributed by atoms with Gasteiger partial charge in [-0.1, -0.05) is 18.2 Å². The lowest BCUT2D eigenvalue weighted by Crippen LogP contribution is -1.98. The second-order valence-electron chi connectivity index (χ2n) is 4.18. The lowest BCUT2D eigenvalue weighted by Gasteiger charge is -2.08. The normalized spacial score (nSPS) is 10.9. The number of benzene rings is 1. The van der Waals surface area contributed by atoms with Crippen molar-refractivity contribution >= 4 is 28.8 Å². The van der Waals surface area contributed by atoms with Crippen molar-refractivity contribution in [2.24, 2.45) is 0 Å². The molecule has 0 amide bonds.